The lowest BCUT2D eigenvalue weighted by molar-refractivity contribution is -0.127. The molecule has 0 saturated heterocycles. The fourth-order valence-corrected chi connectivity index (χ4v) is 2.48. The maximum absolute atomic E-state index is 13.1. The lowest BCUT2D eigenvalue weighted by Crippen LogP contribution is -2.28. The van der Waals surface area contributed by atoms with Gasteiger partial charge in [0.1, 0.15) is 5.82 Å². The van der Waals surface area contributed by atoms with Gasteiger partial charge in [0.15, 0.2) is 0 Å². The summed E-state index contributed by atoms with van der Waals surface area (Å²) in [5.41, 5.74) is 1.88. The Morgan fingerprint density at radius 1 is 1.19 bits per heavy atom. The number of nitrogens with zero attached hydrogens (tertiary/aromatic N) is 1. The first-order valence-corrected chi connectivity index (χ1v) is 7.28. The molecule has 0 N–H and O–H groups in total. The summed E-state index contributed by atoms with van der Waals surface area (Å²) in [5, 5.41) is 0. The second-order valence-electron chi connectivity index (χ2n) is 4.62. The van der Waals surface area contributed by atoms with E-state index in [1.165, 1.54) is 18.2 Å². The van der Waals surface area contributed by atoms with Crippen LogP contribution in [-0.4, -0.2) is 10.8 Å². The van der Waals surface area contributed by atoms with Gasteiger partial charge in [0.25, 0.3) is 0 Å². The highest BCUT2D eigenvalue weighted by molar-refractivity contribution is 9.10. The van der Waals surface area contributed by atoms with E-state index in [0.29, 0.717) is 17.6 Å². The quantitative estimate of drug-likeness (QED) is 0.738. The molecule has 0 unspecified atom stereocenters. The molecule has 0 atom stereocenters. The predicted molar refractivity (Wildman–Crippen MR) is 85.0 cm³/mol. The molecule has 2 rings (SSSR count). The number of halogens is 2. The van der Waals surface area contributed by atoms with E-state index in [9.17, 15) is 9.18 Å². The van der Waals surface area contributed by atoms with E-state index >= 15 is 0 Å². The smallest absolute Gasteiger partial charge is 0.246 e. The van der Waals surface area contributed by atoms with Crippen LogP contribution in [0.3, 0.4) is 0 Å². The van der Waals surface area contributed by atoms with Crippen LogP contribution in [0.2, 0.25) is 0 Å². The minimum absolute atomic E-state index is 0.157. The molecule has 2 nitrogen and oxygen atoms in total. The van der Waals surface area contributed by atoms with Crippen molar-refractivity contribution < 1.29 is 9.18 Å². The molecular formula is C17H15BrFNO. The van der Waals surface area contributed by atoms with E-state index in [1.807, 2.05) is 30.3 Å². The van der Waals surface area contributed by atoms with Gasteiger partial charge in [-0.3, -0.25) is 4.79 Å². The highest BCUT2D eigenvalue weighted by Gasteiger charge is 2.13. The summed E-state index contributed by atoms with van der Waals surface area (Å²) in [6, 6.07) is 14.2. The topological polar surface area (TPSA) is 20.3 Å². The number of carbonyl (C=O) groups is 1. The molecule has 0 bridgehead atoms. The SMILES string of the molecule is C=CC(=O)N(Cc1ccccc1)Cc1ccc(F)cc1Br. The molecule has 0 aliphatic heterocycles. The Morgan fingerprint density at radius 2 is 1.90 bits per heavy atom. The number of carbonyl (C=O) groups excluding carboxylic acids is 1. The molecule has 2 aromatic rings. The molecule has 4 heteroatoms. The van der Waals surface area contributed by atoms with Crippen LogP contribution in [0.4, 0.5) is 4.39 Å². The van der Waals surface area contributed by atoms with Gasteiger partial charge in [0.2, 0.25) is 5.91 Å². The van der Waals surface area contributed by atoms with Gasteiger partial charge in [0.05, 0.1) is 0 Å². The molecule has 2 aromatic carbocycles. The minimum Gasteiger partial charge on any atom is -0.330 e. The molecule has 0 aliphatic carbocycles. The van der Waals surface area contributed by atoms with Gasteiger partial charge in [-0.1, -0.05) is 58.9 Å². The second-order valence-corrected chi connectivity index (χ2v) is 5.47. The van der Waals surface area contributed by atoms with Crippen LogP contribution in [0.5, 0.6) is 0 Å². The van der Waals surface area contributed by atoms with Crippen molar-refractivity contribution in [3.8, 4) is 0 Å². The number of rotatable bonds is 5. The summed E-state index contributed by atoms with van der Waals surface area (Å²) in [5.74, 6) is -0.467. The number of benzene rings is 2. The van der Waals surface area contributed by atoms with Crippen molar-refractivity contribution in [1.82, 2.24) is 4.90 Å². The molecule has 0 fully saturated rings. The van der Waals surface area contributed by atoms with Crippen LogP contribution in [0.1, 0.15) is 11.1 Å². The third kappa shape index (κ3) is 4.26. The van der Waals surface area contributed by atoms with E-state index in [2.05, 4.69) is 22.5 Å². The maximum atomic E-state index is 13.1. The van der Waals surface area contributed by atoms with Gasteiger partial charge < -0.3 is 4.90 Å². The van der Waals surface area contributed by atoms with Crippen molar-refractivity contribution in [3.63, 3.8) is 0 Å². The summed E-state index contributed by atoms with van der Waals surface area (Å²) in [7, 11) is 0. The summed E-state index contributed by atoms with van der Waals surface area (Å²) in [6.07, 6.45) is 1.29. The van der Waals surface area contributed by atoms with Gasteiger partial charge in [-0.25, -0.2) is 4.39 Å². The van der Waals surface area contributed by atoms with Crippen molar-refractivity contribution in [2.75, 3.05) is 0 Å². The highest BCUT2D eigenvalue weighted by Crippen LogP contribution is 2.21. The van der Waals surface area contributed by atoms with Gasteiger partial charge in [-0.2, -0.15) is 0 Å². The molecule has 21 heavy (non-hydrogen) atoms. The number of hydrogen-bond acceptors (Lipinski definition) is 1. The molecule has 108 valence electrons. The van der Waals surface area contributed by atoms with Gasteiger partial charge >= 0.3 is 0 Å². The van der Waals surface area contributed by atoms with E-state index in [0.717, 1.165) is 11.1 Å². The molecule has 0 aromatic heterocycles. The lowest BCUT2D eigenvalue weighted by Gasteiger charge is -2.22. The largest absolute Gasteiger partial charge is 0.330 e. The van der Waals surface area contributed by atoms with Crippen LogP contribution in [0.15, 0.2) is 65.7 Å². The first-order chi connectivity index (χ1) is 10.1. The summed E-state index contributed by atoms with van der Waals surface area (Å²) < 4.78 is 13.8. The summed E-state index contributed by atoms with van der Waals surface area (Å²) in [4.78, 5) is 13.7. The highest BCUT2D eigenvalue weighted by atomic mass is 79.9. The van der Waals surface area contributed by atoms with Crippen LogP contribution < -0.4 is 0 Å². The Balaban J connectivity index is 2.20. The van der Waals surface area contributed by atoms with Crippen LogP contribution in [0, 0.1) is 5.82 Å². The van der Waals surface area contributed by atoms with E-state index < -0.39 is 0 Å². The molecule has 0 spiro atoms. The molecular weight excluding hydrogens is 333 g/mol. The Bertz CT molecular complexity index is 642. The van der Waals surface area contributed by atoms with Crippen molar-refractivity contribution in [2.45, 2.75) is 13.1 Å². The van der Waals surface area contributed by atoms with Crippen LogP contribution in [0.25, 0.3) is 0 Å². The van der Waals surface area contributed by atoms with Gasteiger partial charge in [-0.15, -0.1) is 0 Å². The van der Waals surface area contributed by atoms with E-state index in [-0.39, 0.29) is 11.7 Å². The normalized spacial score (nSPS) is 10.2. The molecule has 0 aliphatic rings. The average Bonchev–Trinajstić information content (AvgIpc) is 2.49. The predicted octanol–water partition coefficient (Wildman–Crippen LogP) is 4.30. The second kappa shape index (κ2) is 7.18. The van der Waals surface area contributed by atoms with Crippen molar-refractivity contribution in [3.05, 3.63) is 82.6 Å². The zero-order chi connectivity index (χ0) is 15.2. The standard InChI is InChI=1S/C17H15BrFNO/c1-2-17(21)20(11-13-6-4-3-5-7-13)12-14-8-9-15(19)10-16(14)18/h2-10H,1,11-12H2. The van der Waals surface area contributed by atoms with E-state index in [4.69, 9.17) is 0 Å². The Kier molecular flexibility index (Phi) is 5.28. The maximum Gasteiger partial charge on any atom is 0.246 e. The first-order valence-electron chi connectivity index (χ1n) is 6.49. The van der Waals surface area contributed by atoms with Crippen LogP contribution >= 0.6 is 15.9 Å². The summed E-state index contributed by atoms with van der Waals surface area (Å²) in [6.45, 7) is 4.41. The van der Waals surface area contributed by atoms with Crippen molar-refractivity contribution in [1.29, 1.82) is 0 Å². The summed E-state index contributed by atoms with van der Waals surface area (Å²) >= 11 is 3.33. The Labute approximate surface area is 132 Å². The Morgan fingerprint density at radius 3 is 2.52 bits per heavy atom. The fourth-order valence-electron chi connectivity index (χ4n) is 2.00. The molecule has 1 amide bonds. The number of hydrogen-bond donors (Lipinski definition) is 0. The van der Waals surface area contributed by atoms with Gasteiger partial charge in [0, 0.05) is 17.6 Å². The van der Waals surface area contributed by atoms with Crippen LogP contribution in [-0.2, 0) is 17.9 Å². The number of amides is 1. The molecule has 0 saturated carbocycles. The fraction of sp³-hybridized carbons (Fsp3) is 0.118. The third-order valence-electron chi connectivity index (χ3n) is 3.08. The molecule has 0 radical (unpaired) electrons. The molecule has 0 heterocycles. The monoisotopic (exact) mass is 347 g/mol. The minimum atomic E-state index is -0.310. The average molecular weight is 348 g/mol. The van der Waals surface area contributed by atoms with Crippen molar-refractivity contribution >= 4 is 21.8 Å². The van der Waals surface area contributed by atoms with Gasteiger partial charge in [-0.05, 0) is 29.3 Å². The van der Waals surface area contributed by atoms with E-state index in [1.54, 1.807) is 11.0 Å². The first kappa shape index (κ1) is 15.4. The third-order valence-corrected chi connectivity index (χ3v) is 3.82. The zero-order valence-corrected chi connectivity index (χ0v) is 13.0. The van der Waals surface area contributed by atoms with Crippen molar-refractivity contribution in [2.24, 2.45) is 0 Å². The lowest BCUT2D eigenvalue weighted by atomic mass is 10.1. The Hall–Kier alpha value is -1.94. The zero-order valence-electron chi connectivity index (χ0n) is 11.4.